The van der Waals surface area contributed by atoms with E-state index in [9.17, 15) is 4.79 Å². The van der Waals surface area contributed by atoms with Gasteiger partial charge in [-0.3, -0.25) is 4.79 Å². The molecule has 1 atom stereocenters. The summed E-state index contributed by atoms with van der Waals surface area (Å²) < 4.78 is 5.13. The van der Waals surface area contributed by atoms with Crippen molar-refractivity contribution in [3.63, 3.8) is 0 Å². The Labute approximate surface area is 138 Å². The molecule has 1 saturated heterocycles. The number of hydrogen-bond acceptors (Lipinski definition) is 5. The molecule has 1 aromatic rings. The third kappa shape index (κ3) is 6.32. The smallest absolute Gasteiger partial charge is 0.227 e. The van der Waals surface area contributed by atoms with Crippen LogP contribution in [-0.4, -0.2) is 35.7 Å². The first kappa shape index (κ1) is 18.9. The lowest BCUT2D eigenvalue weighted by atomic mass is 9.96. The van der Waals surface area contributed by atoms with Crippen LogP contribution in [0.4, 0.5) is 0 Å². The molecule has 0 bridgehead atoms. The number of aromatic nitrogens is 2. The Kier molecular flexibility index (Phi) is 8.42. The van der Waals surface area contributed by atoms with E-state index in [1.807, 2.05) is 13.8 Å². The van der Waals surface area contributed by atoms with Crippen LogP contribution in [0.5, 0.6) is 0 Å². The van der Waals surface area contributed by atoms with E-state index in [1.165, 1.54) is 12.8 Å². The lowest BCUT2D eigenvalue weighted by Crippen LogP contribution is -2.33. The van der Waals surface area contributed by atoms with Gasteiger partial charge in [0.1, 0.15) is 0 Å². The van der Waals surface area contributed by atoms with Crippen LogP contribution in [0, 0.1) is 5.92 Å². The molecule has 2 N–H and O–H groups in total. The predicted molar refractivity (Wildman–Crippen MR) is 87.2 cm³/mol. The molecule has 126 valence electrons. The van der Waals surface area contributed by atoms with Gasteiger partial charge in [-0.25, -0.2) is 0 Å². The van der Waals surface area contributed by atoms with E-state index in [2.05, 4.69) is 20.8 Å². The number of hydrogen-bond donors (Lipinski definition) is 2. The van der Waals surface area contributed by atoms with Crippen LogP contribution in [0.3, 0.4) is 0 Å². The van der Waals surface area contributed by atoms with E-state index < -0.39 is 0 Å². The van der Waals surface area contributed by atoms with Gasteiger partial charge in [0, 0.05) is 25.3 Å². The number of halogens is 1. The molecular weight excluding hydrogens is 304 g/mol. The molecule has 1 fully saturated rings. The van der Waals surface area contributed by atoms with Gasteiger partial charge in [-0.1, -0.05) is 19.0 Å². The molecule has 2 rings (SSSR count). The fraction of sp³-hybridized carbons (Fsp3) is 0.800. The van der Waals surface area contributed by atoms with Crippen LogP contribution in [0.2, 0.25) is 0 Å². The average Bonchev–Trinajstić information content (AvgIpc) is 2.95. The van der Waals surface area contributed by atoms with E-state index in [1.54, 1.807) is 0 Å². The number of piperidine rings is 1. The molecule has 7 heteroatoms. The van der Waals surface area contributed by atoms with Crippen LogP contribution in [0.15, 0.2) is 4.52 Å². The molecule has 22 heavy (non-hydrogen) atoms. The summed E-state index contributed by atoms with van der Waals surface area (Å²) in [6, 6.07) is 0. The van der Waals surface area contributed by atoms with Crippen molar-refractivity contribution in [3.05, 3.63) is 11.7 Å². The summed E-state index contributed by atoms with van der Waals surface area (Å²) in [7, 11) is 0. The minimum absolute atomic E-state index is 0. The van der Waals surface area contributed by atoms with Crippen LogP contribution in [0.25, 0.3) is 0 Å². The third-order valence-electron chi connectivity index (χ3n) is 3.84. The van der Waals surface area contributed by atoms with Crippen LogP contribution in [-0.2, 0) is 11.2 Å². The van der Waals surface area contributed by atoms with Crippen molar-refractivity contribution in [3.8, 4) is 0 Å². The molecule has 1 unspecified atom stereocenters. The summed E-state index contributed by atoms with van der Waals surface area (Å²) >= 11 is 0. The minimum atomic E-state index is 0. The molecule has 0 aliphatic carbocycles. The Morgan fingerprint density at radius 3 is 2.95 bits per heavy atom. The van der Waals surface area contributed by atoms with Gasteiger partial charge in [-0.2, -0.15) is 4.98 Å². The monoisotopic (exact) mass is 330 g/mol. The summed E-state index contributed by atoms with van der Waals surface area (Å²) in [5.74, 6) is 2.26. The second-order valence-electron chi connectivity index (χ2n) is 6.05. The summed E-state index contributed by atoms with van der Waals surface area (Å²) in [4.78, 5) is 16.1. The van der Waals surface area contributed by atoms with E-state index in [4.69, 9.17) is 4.52 Å². The van der Waals surface area contributed by atoms with Crippen molar-refractivity contribution >= 4 is 18.3 Å². The third-order valence-corrected chi connectivity index (χ3v) is 3.84. The van der Waals surface area contributed by atoms with E-state index in [-0.39, 0.29) is 24.2 Å². The number of rotatable bonds is 7. The van der Waals surface area contributed by atoms with Crippen molar-refractivity contribution in [2.45, 2.75) is 51.9 Å². The van der Waals surface area contributed by atoms with Crippen LogP contribution >= 0.6 is 12.4 Å². The van der Waals surface area contributed by atoms with E-state index >= 15 is 0 Å². The number of nitrogens with zero attached hydrogens (tertiary/aromatic N) is 2. The van der Waals surface area contributed by atoms with Gasteiger partial charge in [-0.15, -0.1) is 12.4 Å². The predicted octanol–water partition coefficient (Wildman–Crippen LogP) is 2.05. The first-order valence-corrected chi connectivity index (χ1v) is 7.95. The standard InChI is InChI=1S/C15H26N4O2.ClH/c1-11(2)15-18-14(21-19-15)6-5-13(20)17-9-7-12-4-3-8-16-10-12;/h11-12,16H,3-10H2,1-2H3,(H,17,20);1H. The first-order valence-electron chi connectivity index (χ1n) is 7.95. The number of aryl methyl sites for hydroxylation is 1. The Balaban J connectivity index is 0.00000242. The maximum Gasteiger partial charge on any atom is 0.227 e. The van der Waals surface area contributed by atoms with Gasteiger partial charge in [0.25, 0.3) is 0 Å². The summed E-state index contributed by atoms with van der Waals surface area (Å²) in [5, 5.41) is 10.3. The average molecular weight is 331 g/mol. The normalized spacial score (nSPS) is 18.0. The number of carbonyl (C=O) groups excluding carboxylic acids is 1. The number of nitrogens with one attached hydrogen (secondary N) is 2. The van der Waals surface area contributed by atoms with Crippen molar-refractivity contribution in [2.75, 3.05) is 19.6 Å². The van der Waals surface area contributed by atoms with Gasteiger partial charge in [-0.05, 0) is 38.3 Å². The van der Waals surface area contributed by atoms with Gasteiger partial charge < -0.3 is 15.2 Å². The first-order chi connectivity index (χ1) is 10.1. The molecule has 1 amide bonds. The maximum atomic E-state index is 11.8. The Hall–Kier alpha value is -1.14. The van der Waals surface area contributed by atoms with Crippen LogP contribution < -0.4 is 10.6 Å². The molecule has 2 heterocycles. The van der Waals surface area contributed by atoms with Gasteiger partial charge in [0.15, 0.2) is 5.82 Å². The van der Waals surface area contributed by atoms with E-state index in [0.29, 0.717) is 30.5 Å². The van der Waals surface area contributed by atoms with Crippen molar-refractivity contribution in [2.24, 2.45) is 5.92 Å². The summed E-state index contributed by atoms with van der Waals surface area (Å²) in [5.41, 5.74) is 0. The zero-order chi connectivity index (χ0) is 15.1. The molecule has 0 aromatic carbocycles. The highest BCUT2D eigenvalue weighted by atomic mass is 35.5. The summed E-state index contributed by atoms with van der Waals surface area (Å²) in [6.45, 7) is 7.00. The highest BCUT2D eigenvalue weighted by Crippen LogP contribution is 2.13. The fourth-order valence-electron chi connectivity index (χ4n) is 2.50. The number of amides is 1. The second-order valence-corrected chi connectivity index (χ2v) is 6.05. The minimum Gasteiger partial charge on any atom is -0.356 e. The van der Waals surface area contributed by atoms with Crippen molar-refractivity contribution in [1.82, 2.24) is 20.8 Å². The molecule has 1 aliphatic heterocycles. The Bertz CT molecular complexity index is 445. The Morgan fingerprint density at radius 1 is 1.50 bits per heavy atom. The lowest BCUT2D eigenvalue weighted by molar-refractivity contribution is -0.121. The highest BCUT2D eigenvalue weighted by molar-refractivity contribution is 5.85. The molecular formula is C15H27ClN4O2. The quantitative estimate of drug-likeness (QED) is 0.800. The van der Waals surface area contributed by atoms with Gasteiger partial charge >= 0.3 is 0 Å². The van der Waals surface area contributed by atoms with Crippen molar-refractivity contribution in [1.29, 1.82) is 0 Å². The molecule has 0 spiro atoms. The molecule has 6 nitrogen and oxygen atoms in total. The van der Waals surface area contributed by atoms with E-state index in [0.717, 1.165) is 26.1 Å². The second kappa shape index (κ2) is 9.79. The van der Waals surface area contributed by atoms with Gasteiger partial charge in [0.2, 0.25) is 11.8 Å². The summed E-state index contributed by atoms with van der Waals surface area (Å²) in [6.07, 6.45) is 4.48. The maximum absolute atomic E-state index is 11.8. The fourth-order valence-corrected chi connectivity index (χ4v) is 2.50. The molecule has 0 radical (unpaired) electrons. The number of carbonyl (C=O) groups is 1. The zero-order valence-electron chi connectivity index (χ0n) is 13.4. The molecule has 1 aromatic heterocycles. The highest BCUT2D eigenvalue weighted by Gasteiger charge is 2.14. The molecule has 0 saturated carbocycles. The zero-order valence-corrected chi connectivity index (χ0v) is 14.2. The Morgan fingerprint density at radius 2 is 2.32 bits per heavy atom. The van der Waals surface area contributed by atoms with Gasteiger partial charge in [0.05, 0.1) is 0 Å². The molecule has 1 aliphatic rings. The van der Waals surface area contributed by atoms with Crippen LogP contribution in [0.1, 0.15) is 57.2 Å². The lowest BCUT2D eigenvalue weighted by Gasteiger charge is -2.22. The topological polar surface area (TPSA) is 80.0 Å². The largest absolute Gasteiger partial charge is 0.356 e. The van der Waals surface area contributed by atoms with Crippen molar-refractivity contribution < 1.29 is 9.32 Å². The SMILES string of the molecule is CC(C)c1noc(CCC(=O)NCCC2CCCNC2)n1.Cl.